The van der Waals surface area contributed by atoms with Crippen molar-refractivity contribution in [2.45, 2.75) is 33.4 Å². The molecule has 0 aliphatic rings. The molecule has 0 bridgehead atoms. The van der Waals surface area contributed by atoms with Gasteiger partial charge in [-0.2, -0.15) is 0 Å². The fraction of sp³-hybridized carbons (Fsp3) is 0.375. The van der Waals surface area contributed by atoms with Crippen LogP contribution in [0.4, 0.5) is 0 Å². The standard InChI is InChI=1S/C16H21NO2/c1-11(2)17-10-14-6-8-16(19-14)13-5-7-15(18-4)12(3)9-13/h5-9,11,17H,10H2,1-4H3. The van der Waals surface area contributed by atoms with Crippen LogP contribution >= 0.6 is 0 Å². The number of nitrogens with one attached hydrogen (secondary N) is 1. The van der Waals surface area contributed by atoms with Crippen molar-refractivity contribution < 1.29 is 9.15 Å². The van der Waals surface area contributed by atoms with Crippen LogP contribution in [0.3, 0.4) is 0 Å². The number of methoxy groups -OCH3 is 1. The van der Waals surface area contributed by atoms with Gasteiger partial charge >= 0.3 is 0 Å². The lowest BCUT2D eigenvalue weighted by molar-refractivity contribution is 0.411. The van der Waals surface area contributed by atoms with Crippen LogP contribution in [0.15, 0.2) is 34.7 Å². The van der Waals surface area contributed by atoms with Gasteiger partial charge in [0.1, 0.15) is 17.3 Å². The quantitative estimate of drug-likeness (QED) is 0.887. The van der Waals surface area contributed by atoms with Crippen molar-refractivity contribution >= 4 is 0 Å². The monoisotopic (exact) mass is 259 g/mol. The highest BCUT2D eigenvalue weighted by Gasteiger charge is 2.07. The fourth-order valence-electron chi connectivity index (χ4n) is 1.96. The average Bonchev–Trinajstić information content (AvgIpc) is 2.85. The lowest BCUT2D eigenvalue weighted by Crippen LogP contribution is -2.21. The van der Waals surface area contributed by atoms with Crippen molar-refractivity contribution in [3.63, 3.8) is 0 Å². The molecule has 0 unspecified atom stereocenters. The van der Waals surface area contributed by atoms with Crippen LogP contribution in [-0.4, -0.2) is 13.2 Å². The van der Waals surface area contributed by atoms with E-state index in [2.05, 4.69) is 25.2 Å². The number of aryl methyl sites for hydroxylation is 1. The van der Waals surface area contributed by atoms with Crippen molar-refractivity contribution in [3.05, 3.63) is 41.7 Å². The second kappa shape index (κ2) is 5.93. The third kappa shape index (κ3) is 3.38. The molecule has 2 rings (SSSR count). The Labute approximate surface area is 114 Å². The maximum Gasteiger partial charge on any atom is 0.134 e. The molecule has 0 aliphatic carbocycles. The van der Waals surface area contributed by atoms with Crippen LogP contribution in [0.25, 0.3) is 11.3 Å². The summed E-state index contributed by atoms with van der Waals surface area (Å²) in [6.45, 7) is 7.03. The van der Waals surface area contributed by atoms with Crippen molar-refractivity contribution in [2.75, 3.05) is 7.11 Å². The van der Waals surface area contributed by atoms with Crippen LogP contribution in [0, 0.1) is 6.92 Å². The largest absolute Gasteiger partial charge is 0.496 e. The molecule has 3 nitrogen and oxygen atoms in total. The first-order chi connectivity index (χ1) is 9.10. The lowest BCUT2D eigenvalue weighted by atomic mass is 10.1. The Balaban J connectivity index is 2.16. The molecule has 1 aromatic heterocycles. The maximum atomic E-state index is 5.85. The summed E-state index contributed by atoms with van der Waals surface area (Å²) in [6.07, 6.45) is 0. The predicted octanol–water partition coefficient (Wildman–Crippen LogP) is 3.76. The highest BCUT2D eigenvalue weighted by Crippen LogP contribution is 2.27. The summed E-state index contributed by atoms with van der Waals surface area (Å²) in [7, 11) is 1.69. The van der Waals surface area contributed by atoms with Crippen LogP contribution < -0.4 is 10.1 Å². The highest BCUT2D eigenvalue weighted by atomic mass is 16.5. The molecule has 0 spiro atoms. The fourth-order valence-corrected chi connectivity index (χ4v) is 1.96. The minimum Gasteiger partial charge on any atom is -0.496 e. The van der Waals surface area contributed by atoms with Gasteiger partial charge in [0.05, 0.1) is 13.7 Å². The normalized spacial score (nSPS) is 11.0. The molecule has 1 aromatic carbocycles. The molecular weight excluding hydrogens is 238 g/mol. The number of ether oxygens (including phenoxy) is 1. The van der Waals surface area contributed by atoms with Gasteiger partial charge in [0.25, 0.3) is 0 Å². The Hall–Kier alpha value is -1.74. The van der Waals surface area contributed by atoms with Crippen molar-refractivity contribution in [1.82, 2.24) is 5.32 Å². The molecule has 3 heteroatoms. The van der Waals surface area contributed by atoms with E-state index in [9.17, 15) is 0 Å². The Morgan fingerprint density at radius 1 is 1.21 bits per heavy atom. The molecule has 0 saturated heterocycles. The van der Waals surface area contributed by atoms with Crippen molar-refractivity contribution in [1.29, 1.82) is 0 Å². The van der Waals surface area contributed by atoms with Gasteiger partial charge in [0.15, 0.2) is 0 Å². The number of rotatable bonds is 5. The van der Waals surface area contributed by atoms with Gasteiger partial charge < -0.3 is 14.5 Å². The molecule has 0 aliphatic heterocycles. The predicted molar refractivity (Wildman–Crippen MR) is 77.4 cm³/mol. The first kappa shape index (κ1) is 13.7. The summed E-state index contributed by atoms with van der Waals surface area (Å²) >= 11 is 0. The van der Waals surface area contributed by atoms with Crippen LogP contribution in [0.5, 0.6) is 5.75 Å². The molecule has 0 atom stereocenters. The molecule has 19 heavy (non-hydrogen) atoms. The number of furan rings is 1. The molecule has 0 radical (unpaired) electrons. The van der Waals surface area contributed by atoms with E-state index in [-0.39, 0.29) is 0 Å². The zero-order valence-corrected chi connectivity index (χ0v) is 12.0. The van der Waals surface area contributed by atoms with Crippen molar-refractivity contribution in [3.8, 4) is 17.1 Å². The van der Waals surface area contributed by atoms with Gasteiger partial charge in [0, 0.05) is 11.6 Å². The summed E-state index contributed by atoms with van der Waals surface area (Å²) in [5, 5.41) is 3.34. The van der Waals surface area contributed by atoms with Gasteiger partial charge in [0.2, 0.25) is 0 Å². The molecule has 1 N–H and O–H groups in total. The first-order valence-corrected chi connectivity index (χ1v) is 6.57. The Morgan fingerprint density at radius 3 is 2.63 bits per heavy atom. The minimum absolute atomic E-state index is 0.455. The number of benzene rings is 1. The molecule has 2 aromatic rings. The number of hydrogen-bond acceptors (Lipinski definition) is 3. The Bertz CT molecular complexity index is 543. The summed E-state index contributed by atoms with van der Waals surface area (Å²) < 4.78 is 11.1. The molecular formula is C16H21NO2. The molecule has 0 fully saturated rings. The van der Waals surface area contributed by atoms with Gasteiger partial charge in [-0.15, -0.1) is 0 Å². The summed E-state index contributed by atoms with van der Waals surface area (Å²) in [5.41, 5.74) is 2.19. The molecule has 0 amide bonds. The van der Waals surface area contributed by atoms with E-state index in [0.29, 0.717) is 6.04 Å². The minimum atomic E-state index is 0.455. The van der Waals surface area contributed by atoms with E-state index in [1.807, 2.05) is 31.2 Å². The maximum absolute atomic E-state index is 5.85. The topological polar surface area (TPSA) is 34.4 Å². The summed E-state index contributed by atoms with van der Waals surface area (Å²) in [5.74, 6) is 2.75. The smallest absolute Gasteiger partial charge is 0.134 e. The average molecular weight is 259 g/mol. The van der Waals surface area contributed by atoms with E-state index in [1.165, 1.54) is 0 Å². The summed E-state index contributed by atoms with van der Waals surface area (Å²) in [4.78, 5) is 0. The van der Waals surface area contributed by atoms with Crippen LogP contribution in [0.1, 0.15) is 25.2 Å². The second-order valence-electron chi connectivity index (χ2n) is 4.99. The van der Waals surface area contributed by atoms with Crippen molar-refractivity contribution in [2.24, 2.45) is 0 Å². The van der Waals surface area contributed by atoms with E-state index in [4.69, 9.17) is 9.15 Å². The molecule has 1 heterocycles. The van der Waals surface area contributed by atoms with Gasteiger partial charge in [-0.1, -0.05) is 13.8 Å². The van der Waals surface area contributed by atoms with Crippen LogP contribution in [-0.2, 0) is 6.54 Å². The first-order valence-electron chi connectivity index (χ1n) is 6.57. The molecule has 0 saturated carbocycles. The van der Waals surface area contributed by atoms with E-state index in [0.717, 1.165) is 34.9 Å². The zero-order valence-electron chi connectivity index (χ0n) is 12.0. The lowest BCUT2D eigenvalue weighted by Gasteiger charge is -2.06. The van der Waals surface area contributed by atoms with E-state index >= 15 is 0 Å². The van der Waals surface area contributed by atoms with E-state index < -0.39 is 0 Å². The highest BCUT2D eigenvalue weighted by molar-refractivity contribution is 5.60. The second-order valence-corrected chi connectivity index (χ2v) is 4.99. The van der Waals surface area contributed by atoms with E-state index in [1.54, 1.807) is 7.11 Å². The summed E-state index contributed by atoms with van der Waals surface area (Å²) in [6, 6.07) is 10.6. The Morgan fingerprint density at radius 2 is 2.00 bits per heavy atom. The Kier molecular flexibility index (Phi) is 4.27. The third-order valence-corrected chi connectivity index (χ3v) is 3.03. The SMILES string of the molecule is COc1ccc(-c2ccc(CNC(C)C)o2)cc1C. The van der Waals surface area contributed by atoms with Gasteiger partial charge in [-0.3, -0.25) is 0 Å². The zero-order chi connectivity index (χ0) is 13.8. The molecule has 102 valence electrons. The third-order valence-electron chi connectivity index (χ3n) is 3.03. The van der Waals surface area contributed by atoms with Gasteiger partial charge in [-0.05, 0) is 42.8 Å². The van der Waals surface area contributed by atoms with Crippen LogP contribution in [0.2, 0.25) is 0 Å². The number of hydrogen-bond donors (Lipinski definition) is 1. The van der Waals surface area contributed by atoms with Gasteiger partial charge in [-0.25, -0.2) is 0 Å².